The minimum Gasteiger partial charge on any atom is -0.384 e. The number of methoxy groups -OCH3 is 1. The fourth-order valence-electron chi connectivity index (χ4n) is 1.81. The summed E-state index contributed by atoms with van der Waals surface area (Å²) in [7, 11) is 1.56. The van der Waals surface area contributed by atoms with Gasteiger partial charge in [-0.25, -0.2) is 0 Å². The Morgan fingerprint density at radius 3 is 2.25 bits per heavy atom. The molecule has 1 rings (SSSR count). The predicted molar refractivity (Wildman–Crippen MR) is 78.8 cm³/mol. The molecule has 0 saturated carbocycles. The summed E-state index contributed by atoms with van der Waals surface area (Å²) in [6, 6.07) is 6.93. The molecule has 0 spiro atoms. The minimum absolute atomic E-state index is 0.00672. The Morgan fingerprint density at radius 1 is 1.15 bits per heavy atom. The molecule has 2 amide bonds. The highest BCUT2D eigenvalue weighted by atomic mass is 16.5. The maximum Gasteiger partial charge on any atom is 0.253 e. The van der Waals surface area contributed by atoms with Gasteiger partial charge in [-0.15, -0.1) is 0 Å². The molecule has 0 radical (unpaired) electrons. The van der Waals surface area contributed by atoms with Crippen LogP contribution >= 0.6 is 0 Å². The smallest absolute Gasteiger partial charge is 0.253 e. The first-order valence-electron chi connectivity index (χ1n) is 6.80. The van der Waals surface area contributed by atoms with Crippen LogP contribution in [0.3, 0.4) is 0 Å². The highest BCUT2D eigenvalue weighted by molar-refractivity contribution is 5.95. The molecule has 1 aromatic carbocycles. The molecule has 0 aliphatic rings. The molecule has 0 bridgehead atoms. The van der Waals surface area contributed by atoms with Crippen LogP contribution in [0, 0.1) is 0 Å². The summed E-state index contributed by atoms with van der Waals surface area (Å²) in [5.41, 5.74) is 1.31. The summed E-state index contributed by atoms with van der Waals surface area (Å²) in [5.74, 6) is -0.0954. The Labute approximate surface area is 119 Å². The van der Waals surface area contributed by atoms with E-state index in [1.165, 1.54) is 0 Å². The standard InChI is InChI=1S/C15H22N2O3/c1-4-17(5-2)15(19)12-6-8-13(9-7-12)16-14(18)10-11-20-3/h6-9H,4-5,10-11H2,1-3H3,(H,16,18). The number of amides is 2. The van der Waals surface area contributed by atoms with Gasteiger partial charge < -0.3 is 15.0 Å². The Hall–Kier alpha value is -1.88. The SMILES string of the molecule is CCN(CC)C(=O)c1ccc(NC(=O)CCOC)cc1. The molecule has 0 saturated heterocycles. The molecule has 5 nitrogen and oxygen atoms in total. The molecule has 5 heteroatoms. The van der Waals surface area contributed by atoms with Crippen molar-refractivity contribution in [2.24, 2.45) is 0 Å². The van der Waals surface area contributed by atoms with E-state index in [1.807, 2.05) is 13.8 Å². The van der Waals surface area contributed by atoms with E-state index in [-0.39, 0.29) is 11.8 Å². The zero-order valence-corrected chi connectivity index (χ0v) is 12.3. The van der Waals surface area contributed by atoms with Crippen molar-refractivity contribution in [3.63, 3.8) is 0 Å². The molecule has 0 fully saturated rings. The van der Waals surface area contributed by atoms with Crippen LogP contribution in [0.5, 0.6) is 0 Å². The Balaban J connectivity index is 2.64. The molecular weight excluding hydrogens is 256 g/mol. The topological polar surface area (TPSA) is 58.6 Å². The molecule has 0 atom stereocenters. The molecule has 1 N–H and O–H groups in total. The minimum atomic E-state index is -0.102. The van der Waals surface area contributed by atoms with Crippen molar-refractivity contribution in [3.05, 3.63) is 29.8 Å². The van der Waals surface area contributed by atoms with Gasteiger partial charge in [-0.1, -0.05) is 0 Å². The van der Waals surface area contributed by atoms with Crippen LogP contribution in [0.25, 0.3) is 0 Å². The van der Waals surface area contributed by atoms with Gasteiger partial charge >= 0.3 is 0 Å². The van der Waals surface area contributed by atoms with Gasteiger partial charge in [0.2, 0.25) is 5.91 Å². The van der Waals surface area contributed by atoms with E-state index < -0.39 is 0 Å². The van der Waals surface area contributed by atoms with Gasteiger partial charge in [0.05, 0.1) is 13.0 Å². The highest BCUT2D eigenvalue weighted by Gasteiger charge is 2.12. The van der Waals surface area contributed by atoms with Crippen molar-refractivity contribution in [1.29, 1.82) is 0 Å². The summed E-state index contributed by atoms with van der Waals surface area (Å²) < 4.78 is 4.84. The van der Waals surface area contributed by atoms with Crippen molar-refractivity contribution < 1.29 is 14.3 Å². The summed E-state index contributed by atoms with van der Waals surface area (Å²) in [5, 5.41) is 2.76. The molecule has 20 heavy (non-hydrogen) atoms. The predicted octanol–water partition coefficient (Wildman–Crippen LogP) is 2.14. The monoisotopic (exact) mass is 278 g/mol. The van der Waals surface area contributed by atoms with Crippen LogP contribution in [-0.2, 0) is 9.53 Å². The van der Waals surface area contributed by atoms with Crippen molar-refractivity contribution >= 4 is 17.5 Å². The fourth-order valence-corrected chi connectivity index (χ4v) is 1.81. The second-order valence-electron chi connectivity index (χ2n) is 4.35. The first kappa shape index (κ1) is 16.2. The number of nitrogens with zero attached hydrogens (tertiary/aromatic N) is 1. The lowest BCUT2D eigenvalue weighted by Gasteiger charge is -2.18. The van der Waals surface area contributed by atoms with E-state index in [0.29, 0.717) is 37.4 Å². The lowest BCUT2D eigenvalue weighted by Crippen LogP contribution is -2.30. The van der Waals surface area contributed by atoms with Gasteiger partial charge in [-0.3, -0.25) is 9.59 Å². The lowest BCUT2D eigenvalue weighted by molar-refractivity contribution is -0.117. The number of hydrogen-bond acceptors (Lipinski definition) is 3. The molecule has 0 unspecified atom stereocenters. The molecular formula is C15H22N2O3. The van der Waals surface area contributed by atoms with Gasteiger partial charge in [0.15, 0.2) is 0 Å². The third-order valence-electron chi connectivity index (χ3n) is 3.00. The third-order valence-corrected chi connectivity index (χ3v) is 3.00. The lowest BCUT2D eigenvalue weighted by atomic mass is 10.1. The number of benzene rings is 1. The summed E-state index contributed by atoms with van der Waals surface area (Å²) >= 11 is 0. The number of nitrogens with one attached hydrogen (secondary N) is 1. The van der Waals surface area contributed by atoms with Crippen LogP contribution in [0.1, 0.15) is 30.6 Å². The van der Waals surface area contributed by atoms with E-state index in [0.717, 1.165) is 0 Å². The van der Waals surface area contributed by atoms with Gasteiger partial charge in [0, 0.05) is 31.5 Å². The number of rotatable bonds is 7. The van der Waals surface area contributed by atoms with Crippen LogP contribution in [0.15, 0.2) is 24.3 Å². The van der Waals surface area contributed by atoms with Crippen LogP contribution < -0.4 is 5.32 Å². The molecule has 0 aromatic heterocycles. The van der Waals surface area contributed by atoms with Crippen molar-refractivity contribution in [2.45, 2.75) is 20.3 Å². The Kier molecular flexibility index (Phi) is 6.73. The normalized spacial score (nSPS) is 10.2. The third kappa shape index (κ3) is 4.66. The first-order valence-corrected chi connectivity index (χ1v) is 6.80. The molecule has 0 aliphatic heterocycles. The van der Waals surface area contributed by atoms with E-state index in [4.69, 9.17) is 4.74 Å². The molecule has 1 aromatic rings. The number of carbonyl (C=O) groups excluding carboxylic acids is 2. The van der Waals surface area contributed by atoms with Crippen molar-refractivity contribution in [2.75, 3.05) is 32.1 Å². The summed E-state index contributed by atoms with van der Waals surface area (Å²) in [6.07, 6.45) is 0.316. The van der Waals surface area contributed by atoms with Gasteiger partial charge in [0.25, 0.3) is 5.91 Å². The first-order chi connectivity index (χ1) is 9.62. The van der Waals surface area contributed by atoms with E-state index in [2.05, 4.69) is 5.32 Å². The molecule has 0 heterocycles. The van der Waals surface area contributed by atoms with Crippen LogP contribution in [0.2, 0.25) is 0 Å². The number of anilines is 1. The maximum absolute atomic E-state index is 12.1. The van der Waals surface area contributed by atoms with E-state index >= 15 is 0 Å². The second kappa shape index (κ2) is 8.32. The zero-order chi connectivity index (χ0) is 15.0. The largest absolute Gasteiger partial charge is 0.384 e. The van der Waals surface area contributed by atoms with Crippen LogP contribution in [0.4, 0.5) is 5.69 Å². The maximum atomic E-state index is 12.1. The van der Waals surface area contributed by atoms with Gasteiger partial charge in [-0.05, 0) is 38.1 Å². The van der Waals surface area contributed by atoms with Gasteiger partial charge in [-0.2, -0.15) is 0 Å². The quantitative estimate of drug-likeness (QED) is 0.831. The summed E-state index contributed by atoms with van der Waals surface area (Å²) in [6.45, 7) is 5.66. The van der Waals surface area contributed by atoms with E-state index in [9.17, 15) is 9.59 Å². The average Bonchev–Trinajstić information content (AvgIpc) is 2.47. The summed E-state index contributed by atoms with van der Waals surface area (Å²) in [4.78, 5) is 25.4. The fraction of sp³-hybridized carbons (Fsp3) is 0.467. The Bertz CT molecular complexity index is 439. The second-order valence-corrected chi connectivity index (χ2v) is 4.35. The molecule has 110 valence electrons. The molecule has 0 aliphatic carbocycles. The van der Waals surface area contributed by atoms with Gasteiger partial charge in [0.1, 0.15) is 0 Å². The number of hydrogen-bond donors (Lipinski definition) is 1. The average molecular weight is 278 g/mol. The van der Waals surface area contributed by atoms with Crippen LogP contribution in [-0.4, -0.2) is 43.5 Å². The zero-order valence-electron chi connectivity index (χ0n) is 12.3. The number of carbonyl (C=O) groups is 2. The highest BCUT2D eigenvalue weighted by Crippen LogP contribution is 2.12. The Morgan fingerprint density at radius 2 is 1.75 bits per heavy atom. The van der Waals surface area contributed by atoms with Crippen molar-refractivity contribution in [1.82, 2.24) is 4.90 Å². The van der Waals surface area contributed by atoms with Crippen molar-refractivity contribution in [3.8, 4) is 0 Å². The number of ether oxygens (including phenoxy) is 1. The van der Waals surface area contributed by atoms with E-state index in [1.54, 1.807) is 36.3 Å².